The van der Waals surface area contributed by atoms with Crippen molar-refractivity contribution in [2.24, 2.45) is 15.2 Å². The van der Waals surface area contributed by atoms with Gasteiger partial charge in [0.25, 0.3) is 11.8 Å². The lowest BCUT2D eigenvalue weighted by atomic mass is 10.1. The highest BCUT2D eigenvalue weighted by molar-refractivity contribution is 8.18. The number of ether oxygens (including phenoxy) is 1. The van der Waals surface area contributed by atoms with Crippen LogP contribution in [0.1, 0.15) is 21.5 Å². The third kappa shape index (κ3) is 3.30. The second-order valence-electron chi connectivity index (χ2n) is 4.65. The van der Waals surface area contributed by atoms with Crippen molar-refractivity contribution < 1.29 is 19.1 Å². The Kier molecular flexibility index (Phi) is 4.34. The van der Waals surface area contributed by atoms with Gasteiger partial charge < -0.3 is 4.74 Å². The summed E-state index contributed by atoms with van der Waals surface area (Å²) in [5.74, 6) is -1.36. The Balaban J connectivity index is 1.71. The van der Waals surface area contributed by atoms with Crippen LogP contribution in [0.15, 0.2) is 44.4 Å². The SMILES string of the molecule is COC(=O)/C=C1/S/C(=N\N=Cc2ccc3c(c2)C(=O)N=C3)NC1=O. The van der Waals surface area contributed by atoms with E-state index >= 15 is 0 Å². The lowest BCUT2D eigenvalue weighted by Gasteiger charge is -1.96. The minimum atomic E-state index is -0.623. The van der Waals surface area contributed by atoms with Crippen LogP contribution in [0.5, 0.6) is 0 Å². The zero-order valence-electron chi connectivity index (χ0n) is 12.3. The Bertz CT molecular complexity index is 870. The van der Waals surface area contributed by atoms with Gasteiger partial charge in [0.15, 0.2) is 5.17 Å². The molecule has 120 valence electrons. The molecule has 0 bridgehead atoms. The maximum absolute atomic E-state index is 11.6. The number of benzene rings is 1. The highest BCUT2D eigenvalue weighted by Crippen LogP contribution is 2.23. The summed E-state index contributed by atoms with van der Waals surface area (Å²) in [5.41, 5.74) is 1.95. The average molecular weight is 342 g/mol. The van der Waals surface area contributed by atoms with Crippen molar-refractivity contribution in [1.82, 2.24) is 5.32 Å². The Morgan fingerprint density at radius 1 is 1.38 bits per heavy atom. The summed E-state index contributed by atoms with van der Waals surface area (Å²) in [7, 11) is 1.22. The van der Waals surface area contributed by atoms with Gasteiger partial charge in [0, 0.05) is 17.9 Å². The van der Waals surface area contributed by atoms with Crippen molar-refractivity contribution in [3.05, 3.63) is 45.9 Å². The topological polar surface area (TPSA) is 110 Å². The summed E-state index contributed by atoms with van der Waals surface area (Å²) in [4.78, 5) is 38.2. The van der Waals surface area contributed by atoms with Crippen LogP contribution in [0.2, 0.25) is 0 Å². The first-order valence-corrected chi connectivity index (χ1v) is 7.51. The van der Waals surface area contributed by atoms with Crippen LogP contribution < -0.4 is 5.32 Å². The molecule has 1 saturated heterocycles. The van der Waals surface area contributed by atoms with E-state index in [2.05, 4.69) is 25.2 Å². The fourth-order valence-electron chi connectivity index (χ4n) is 1.94. The number of thioether (sulfide) groups is 1. The van der Waals surface area contributed by atoms with E-state index in [1.54, 1.807) is 18.2 Å². The van der Waals surface area contributed by atoms with Crippen LogP contribution in [-0.2, 0) is 14.3 Å². The van der Waals surface area contributed by atoms with Crippen molar-refractivity contribution in [2.45, 2.75) is 0 Å². The third-order valence-corrected chi connectivity index (χ3v) is 3.99. The van der Waals surface area contributed by atoms with E-state index < -0.39 is 11.9 Å². The van der Waals surface area contributed by atoms with Gasteiger partial charge in [-0.1, -0.05) is 12.1 Å². The van der Waals surface area contributed by atoms with Crippen LogP contribution >= 0.6 is 11.8 Å². The molecule has 0 aliphatic carbocycles. The lowest BCUT2D eigenvalue weighted by molar-refractivity contribution is -0.135. The first-order chi connectivity index (χ1) is 11.6. The molecule has 2 aliphatic rings. The van der Waals surface area contributed by atoms with Crippen LogP contribution in [-0.4, -0.2) is 42.5 Å². The number of amidine groups is 1. The largest absolute Gasteiger partial charge is 0.466 e. The number of nitrogens with one attached hydrogen (secondary N) is 1. The van der Waals surface area contributed by atoms with Gasteiger partial charge >= 0.3 is 5.97 Å². The second kappa shape index (κ2) is 6.59. The number of aliphatic imine (C=N–C) groups is 1. The van der Waals surface area contributed by atoms with E-state index in [4.69, 9.17) is 0 Å². The monoisotopic (exact) mass is 342 g/mol. The fourth-order valence-corrected chi connectivity index (χ4v) is 2.68. The maximum Gasteiger partial charge on any atom is 0.331 e. The maximum atomic E-state index is 11.6. The van der Waals surface area contributed by atoms with Crippen LogP contribution in [0.4, 0.5) is 0 Å². The second-order valence-corrected chi connectivity index (χ2v) is 5.68. The Hall–Kier alpha value is -3.07. The van der Waals surface area contributed by atoms with Crippen LogP contribution in [0.25, 0.3) is 0 Å². The van der Waals surface area contributed by atoms with Gasteiger partial charge in [0.1, 0.15) is 0 Å². The molecule has 0 spiro atoms. The number of amides is 2. The summed E-state index contributed by atoms with van der Waals surface area (Å²) >= 11 is 0.980. The molecule has 8 nitrogen and oxygen atoms in total. The number of nitrogens with zero attached hydrogens (tertiary/aromatic N) is 3. The highest BCUT2D eigenvalue weighted by atomic mass is 32.2. The highest BCUT2D eigenvalue weighted by Gasteiger charge is 2.25. The Labute approximate surface area is 140 Å². The van der Waals surface area contributed by atoms with Gasteiger partial charge in [-0.05, 0) is 23.4 Å². The zero-order chi connectivity index (χ0) is 17.1. The first-order valence-electron chi connectivity index (χ1n) is 6.69. The average Bonchev–Trinajstić information content (AvgIpc) is 3.11. The van der Waals surface area contributed by atoms with Crippen LogP contribution in [0, 0.1) is 0 Å². The van der Waals surface area contributed by atoms with E-state index in [-0.39, 0.29) is 16.0 Å². The molecule has 0 atom stereocenters. The number of carbonyl (C=O) groups is 3. The van der Waals surface area contributed by atoms with Gasteiger partial charge in [-0.3, -0.25) is 14.9 Å². The molecule has 0 radical (unpaired) electrons. The van der Waals surface area contributed by atoms with E-state index in [1.165, 1.54) is 19.5 Å². The molecule has 2 amide bonds. The smallest absolute Gasteiger partial charge is 0.331 e. The minimum absolute atomic E-state index is 0.177. The number of carbonyl (C=O) groups excluding carboxylic acids is 3. The number of esters is 1. The first kappa shape index (κ1) is 15.8. The van der Waals surface area contributed by atoms with E-state index in [0.717, 1.165) is 23.4 Å². The number of hydrogen-bond acceptors (Lipinski definition) is 7. The molecule has 0 saturated carbocycles. The molecule has 3 rings (SSSR count). The molecule has 0 aromatic heterocycles. The predicted molar refractivity (Wildman–Crippen MR) is 89.2 cm³/mol. The van der Waals surface area contributed by atoms with Crippen LogP contribution in [0.3, 0.4) is 0 Å². The predicted octanol–water partition coefficient (Wildman–Crippen LogP) is 0.869. The zero-order valence-corrected chi connectivity index (χ0v) is 13.2. The lowest BCUT2D eigenvalue weighted by Crippen LogP contribution is -2.19. The molecule has 9 heteroatoms. The summed E-state index contributed by atoms with van der Waals surface area (Å²) in [6.07, 6.45) is 4.05. The number of methoxy groups -OCH3 is 1. The minimum Gasteiger partial charge on any atom is -0.466 e. The normalized spacial score (nSPS) is 19.4. The number of rotatable bonds is 3. The number of fused-ring (bicyclic) bond motifs is 1. The molecular weight excluding hydrogens is 332 g/mol. The molecule has 1 N–H and O–H groups in total. The quantitative estimate of drug-likeness (QED) is 0.379. The summed E-state index contributed by atoms with van der Waals surface area (Å²) in [5, 5.41) is 10.5. The summed E-state index contributed by atoms with van der Waals surface area (Å²) in [6.45, 7) is 0. The molecule has 1 aromatic rings. The van der Waals surface area contributed by atoms with Crippen molar-refractivity contribution in [3.63, 3.8) is 0 Å². The van der Waals surface area contributed by atoms with Gasteiger partial charge in [-0.15, -0.1) is 5.10 Å². The van der Waals surface area contributed by atoms with E-state index in [9.17, 15) is 14.4 Å². The summed E-state index contributed by atoms with van der Waals surface area (Å²) in [6, 6.07) is 5.20. The van der Waals surface area contributed by atoms with Crippen molar-refractivity contribution in [3.8, 4) is 0 Å². The van der Waals surface area contributed by atoms with E-state index in [1.807, 2.05) is 0 Å². The van der Waals surface area contributed by atoms with Crippen molar-refractivity contribution >= 4 is 47.1 Å². The van der Waals surface area contributed by atoms with Crippen molar-refractivity contribution in [2.75, 3.05) is 7.11 Å². The summed E-state index contributed by atoms with van der Waals surface area (Å²) < 4.78 is 4.46. The standard InChI is InChI=1S/C15H10N4O4S/c1-23-12(20)5-11-14(22)18-15(24-11)19-17-6-8-2-3-9-7-16-13(21)10(9)4-8/h2-7H,1H3,(H,18,19,22)/b11-5+,17-6?. The van der Waals surface area contributed by atoms with Gasteiger partial charge in [-0.25, -0.2) is 9.79 Å². The molecule has 24 heavy (non-hydrogen) atoms. The Morgan fingerprint density at radius 2 is 2.21 bits per heavy atom. The van der Waals surface area contributed by atoms with Crippen molar-refractivity contribution in [1.29, 1.82) is 0 Å². The molecule has 1 fully saturated rings. The molecule has 1 aromatic carbocycles. The Morgan fingerprint density at radius 3 is 3.00 bits per heavy atom. The van der Waals surface area contributed by atoms with Gasteiger partial charge in [-0.2, -0.15) is 5.10 Å². The molecule has 0 unspecified atom stereocenters. The van der Waals surface area contributed by atoms with Gasteiger partial charge in [0.05, 0.1) is 23.8 Å². The molecular formula is C15H10N4O4S. The fraction of sp³-hybridized carbons (Fsp3) is 0.0667. The number of hydrogen-bond donors (Lipinski definition) is 1. The molecule has 2 aliphatic heterocycles. The third-order valence-electron chi connectivity index (χ3n) is 3.09. The van der Waals surface area contributed by atoms with Gasteiger partial charge in [0.2, 0.25) is 0 Å². The van der Waals surface area contributed by atoms with E-state index in [0.29, 0.717) is 11.1 Å². The molecule has 2 heterocycles.